The number of ether oxygens (including phenoxy) is 2. The fourth-order valence-corrected chi connectivity index (χ4v) is 6.47. The fraction of sp³-hybridized carbons (Fsp3) is 0.857. The van der Waals surface area contributed by atoms with Crippen molar-refractivity contribution in [2.24, 2.45) is 0 Å². The largest absolute Gasteiger partial charge is 0.465 e. The molecule has 1 saturated carbocycles. The summed E-state index contributed by atoms with van der Waals surface area (Å²) in [4.78, 5) is 24.1. The first-order chi connectivity index (χ1) is 9.74. The van der Waals surface area contributed by atoms with Crippen LogP contribution in [0.25, 0.3) is 0 Å². The molecule has 1 rings (SSSR count). The first kappa shape index (κ1) is 18.6. The third-order valence-electron chi connectivity index (χ3n) is 3.12. The molecule has 0 heterocycles. The normalized spacial score (nSPS) is 18.0. The van der Waals surface area contributed by atoms with Crippen molar-refractivity contribution in [3.05, 3.63) is 0 Å². The maximum Gasteiger partial charge on any atom is 0.420 e. The van der Waals surface area contributed by atoms with Crippen molar-refractivity contribution < 1.29 is 19.1 Å². The Morgan fingerprint density at radius 2 is 1.76 bits per heavy atom. The number of hydrogen-bond acceptors (Lipinski definition) is 5. The second kappa shape index (κ2) is 8.23. The molecule has 122 valence electrons. The van der Waals surface area contributed by atoms with Crippen LogP contribution in [-0.4, -0.2) is 41.5 Å². The highest BCUT2D eigenvalue weighted by Crippen LogP contribution is 2.60. The van der Waals surface area contributed by atoms with Gasteiger partial charge in [0.2, 0.25) is 0 Å². The molecule has 1 amide bonds. The smallest absolute Gasteiger partial charge is 0.420 e. The molecule has 0 aromatic heterocycles. The molecule has 21 heavy (non-hydrogen) atoms. The lowest BCUT2D eigenvalue weighted by Crippen LogP contribution is -2.31. The molecular formula is C14H26NO4PS. The van der Waals surface area contributed by atoms with Crippen LogP contribution in [0.3, 0.4) is 0 Å². The van der Waals surface area contributed by atoms with Crippen LogP contribution in [0.1, 0.15) is 52.9 Å². The van der Waals surface area contributed by atoms with E-state index < -0.39 is 18.8 Å². The summed E-state index contributed by atoms with van der Waals surface area (Å²) >= 11 is 1.28. The molecule has 0 aromatic carbocycles. The highest BCUT2D eigenvalue weighted by molar-refractivity contribution is 8.59. The molecule has 1 aliphatic carbocycles. The molecule has 0 bridgehead atoms. The van der Waals surface area contributed by atoms with Gasteiger partial charge in [-0.15, -0.1) is 0 Å². The zero-order valence-electron chi connectivity index (χ0n) is 13.5. The number of methoxy groups -OCH3 is 1. The summed E-state index contributed by atoms with van der Waals surface area (Å²) in [7, 11) is 1.99. The second-order valence-corrected chi connectivity index (χ2v) is 10.3. The molecule has 1 unspecified atom stereocenters. The average Bonchev–Trinajstić information content (AvgIpc) is 2.42. The number of rotatable bonds is 4. The van der Waals surface area contributed by atoms with Gasteiger partial charge in [-0.25, -0.2) is 9.59 Å². The number of amides is 1. The Hall–Kier alpha value is -0.480. The van der Waals surface area contributed by atoms with Crippen molar-refractivity contribution in [3.8, 4) is 0 Å². The number of hydrogen-bond donors (Lipinski definition) is 0. The van der Waals surface area contributed by atoms with Gasteiger partial charge in [0.05, 0.1) is 14.2 Å². The van der Waals surface area contributed by atoms with Gasteiger partial charge in [0.1, 0.15) is 5.60 Å². The van der Waals surface area contributed by atoms with Gasteiger partial charge in [-0.1, -0.05) is 19.3 Å². The predicted octanol–water partition coefficient (Wildman–Crippen LogP) is 5.00. The van der Waals surface area contributed by atoms with Crippen LogP contribution >= 0.6 is 18.7 Å². The summed E-state index contributed by atoms with van der Waals surface area (Å²) < 4.78 is 11.7. The van der Waals surface area contributed by atoms with Crippen LogP contribution in [0.5, 0.6) is 0 Å². The van der Waals surface area contributed by atoms with Crippen LogP contribution < -0.4 is 0 Å². The minimum Gasteiger partial charge on any atom is -0.465 e. The lowest BCUT2D eigenvalue weighted by atomic mass is 10.0. The van der Waals surface area contributed by atoms with Gasteiger partial charge in [-0.05, 0) is 45.2 Å². The van der Waals surface area contributed by atoms with Crippen LogP contribution in [0.2, 0.25) is 0 Å². The molecule has 1 aliphatic rings. The van der Waals surface area contributed by atoms with Crippen LogP contribution in [-0.2, 0) is 9.47 Å². The summed E-state index contributed by atoms with van der Waals surface area (Å²) in [5, 5.41) is 0. The SMILES string of the molecule is COC(=O)P(SN(C)C(=O)OC(C)(C)C)C1CCCCC1. The molecule has 0 aromatic rings. The number of nitrogens with zero attached hydrogens (tertiary/aromatic N) is 1. The van der Waals surface area contributed by atoms with Crippen LogP contribution in [0.15, 0.2) is 0 Å². The molecule has 0 radical (unpaired) electrons. The Bertz CT molecular complexity index is 366. The molecule has 0 N–H and O–H groups in total. The third kappa shape index (κ3) is 6.43. The van der Waals surface area contributed by atoms with E-state index in [2.05, 4.69) is 0 Å². The maximum atomic E-state index is 12.1. The van der Waals surface area contributed by atoms with Gasteiger partial charge >= 0.3 is 11.8 Å². The average molecular weight is 335 g/mol. The van der Waals surface area contributed by atoms with Crippen molar-refractivity contribution in [1.29, 1.82) is 0 Å². The van der Waals surface area contributed by atoms with Crippen molar-refractivity contribution in [1.82, 2.24) is 4.31 Å². The molecular weight excluding hydrogens is 309 g/mol. The predicted molar refractivity (Wildman–Crippen MR) is 87.8 cm³/mol. The molecule has 7 heteroatoms. The van der Waals surface area contributed by atoms with E-state index in [-0.39, 0.29) is 5.71 Å². The van der Waals surface area contributed by atoms with Gasteiger partial charge in [-0.2, -0.15) is 0 Å². The van der Waals surface area contributed by atoms with Gasteiger partial charge in [0.15, 0.2) is 0 Å². The quantitative estimate of drug-likeness (QED) is 0.534. The number of carbonyl (C=O) groups is 2. The molecule has 0 spiro atoms. The van der Waals surface area contributed by atoms with Crippen molar-refractivity contribution >= 4 is 30.5 Å². The van der Waals surface area contributed by atoms with Crippen LogP contribution in [0, 0.1) is 0 Å². The second-order valence-electron chi connectivity index (χ2n) is 6.15. The first-order valence-corrected chi connectivity index (χ1v) is 10.1. The molecule has 1 fully saturated rings. The number of carbonyl (C=O) groups excluding carboxylic acids is 2. The van der Waals surface area contributed by atoms with E-state index in [0.29, 0.717) is 5.66 Å². The molecule has 5 nitrogen and oxygen atoms in total. The summed E-state index contributed by atoms with van der Waals surface area (Å²) in [6, 6.07) is 0. The molecule has 0 aliphatic heterocycles. The van der Waals surface area contributed by atoms with E-state index in [9.17, 15) is 9.59 Å². The van der Waals surface area contributed by atoms with E-state index in [4.69, 9.17) is 9.47 Å². The Kier molecular flexibility index (Phi) is 7.28. The monoisotopic (exact) mass is 335 g/mol. The third-order valence-corrected chi connectivity index (χ3v) is 8.02. The first-order valence-electron chi connectivity index (χ1n) is 7.26. The van der Waals surface area contributed by atoms with Gasteiger partial charge < -0.3 is 9.47 Å². The standard InChI is InChI=1S/C14H26NO4PS/c1-14(2,3)19-12(16)15(4)21-20(13(17)18-5)11-9-7-6-8-10-11/h11H,6-10H2,1-5H3. The molecule has 1 atom stereocenters. The lowest BCUT2D eigenvalue weighted by molar-refractivity contribution is 0.0434. The minimum atomic E-state index is -1.07. The summed E-state index contributed by atoms with van der Waals surface area (Å²) in [6.45, 7) is 5.48. The Balaban J connectivity index is 2.67. The van der Waals surface area contributed by atoms with Crippen molar-refractivity contribution in [2.45, 2.75) is 64.1 Å². The van der Waals surface area contributed by atoms with E-state index in [0.717, 1.165) is 25.7 Å². The van der Waals surface area contributed by atoms with Gasteiger partial charge in [0, 0.05) is 12.7 Å². The van der Waals surface area contributed by atoms with E-state index >= 15 is 0 Å². The van der Waals surface area contributed by atoms with Gasteiger partial charge in [-0.3, -0.25) is 4.31 Å². The molecule has 0 saturated heterocycles. The Labute approximate surface area is 132 Å². The lowest BCUT2D eigenvalue weighted by Gasteiger charge is -2.31. The topological polar surface area (TPSA) is 55.8 Å². The summed E-state index contributed by atoms with van der Waals surface area (Å²) in [5.41, 5.74) is -0.404. The Morgan fingerprint density at radius 3 is 2.24 bits per heavy atom. The van der Waals surface area contributed by atoms with Crippen molar-refractivity contribution in [3.63, 3.8) is 0 Å². The van der Waals surface area contributed by atoms with E-state index in [1.807, 2.05) is 20.8 Å². The highest BCUT2D eigenvalue weighted by atomic mass is 32.7. The fourth-order valence-electron chi connectivity index (χ4n) is 2.15. The van der Waals surface area contributed by atoms with Crippen LogP contribution in [0.4, 0.5) is 9.59 Å². The summed E-state index contributed by atoms with van der Waals surface area (Å²) in [5.74, 6) is 0. The van der Waals surface area contributed by atoms with E-state index in [1.54, 1.807) is 7.05 Å². The van der Waals surface area contributed by atoms with Gasteiger partial charge in [0.25, 0.3) is 0 Å². The zero-order valence-corrected chi connectivity index (χ0v) is 15.3. The van der Waals surface area contributed by atoms with E-state index in [1.165, 1.54) is 29.4 Å². The van der Waals surface area contributed by atoms with Crippen molar-refractivity contribution in [2.75, 3.05) is 14.2 Å². The summed E-state index contributed by atoms with van der Waals surface area (Å²) in [6.07, 6.45) is 5.19. The minimum absolute atomic E-state index is 0.197. The zero-order chi connectivity index (χ0) is 16.0. The maximum absolute atomic E-state index is 12.1. The Morgan fingerprint density at radius 1 is 1.19 bits per heavy atom. The highest BCUT2D eigenvalue weighted by Gasteiger charge is 2.34.